The number of anilines is 3. The Morgan fingerprint density at radius 1 is 0.909 bits per heavy atom. The second-order valence-corrected chi connectivity index (χ2v) is 12.3. The van der Waals surface area contributed by atoms with E-state index in [9.17, 15) is 14.7 Å². The summed E-state index contributed by atoms with van der Waals surface area (Å²) in [5.41, 5.74) is 10.5. The number of alkyl halides is 2. The molecule has 3 heterocycles. The predicted molar refractivity (Wildman–Crippen MR) is 167 cm³/mol. The SMILES string of the molecule is Cc1cc(N2CCC(N3CCC(c4ccc(N)cc4)C(F)(F)C3)CC2)ccc1N1CCC(=O)N(Cc2ccc(O)cc2)C1=O. The summed E-state index contributed by atoms with van der Waals surface area (Å²) in [5, 5.41) is 9.56. The van der Waals surface area contributed by atoms with Crippen molar-refractivity contribution in [3.63, 3.8) is 0 Å². The number of amides is 3. The highest BCUT2D eigenvalue weighted by molar-refractivity contribution is 6.06. The lowest BCUT2D eigenvalue weighted by atomic mass is 9.85. The number of nitrogen functional groups attached to an aromatic ring is 1. The van der Waals surface area contributed by atoms with E-state index in [2.05, 4.69) is 11.0 Å². The molecule has 3 N–H and O–H groups in total. The molecule has 44 heavy (non-hydrogen) atoms. The van der Waals surface area contributed by atoms with Crippen molar-refractivity contribution < 1.29 is 23.5 Å². The maximum atomic E-state index is 15.3. The number of hydrogen-bond acceptors (Lipinski definition) is 6. The van der Waals surface area contributed by atoms with Gasteiger partial charge in [0, 0.05) is 49.2 Å². The highest BCUT2D eigenvalue weighted by Crippen LogP contribution is 2.42. The molecule has 0 spiro atoms. The predicted octanol–water partition coefficient (Wildman–Crippen LogP) is 5.74. The van der Waals surface area contributed by atoms with Crippen LogP contribution in [-0.4, -0.2) is 71.5 Å². The third kappa shape index (κ3) is 6.08. The molecule has 3 aromatic rings. The van der Waals surface area contributed by atoms with Gasteiger partial charge in [0.05, 0.1) is 19.0 Å². The van der Waals surface area contributed by atoms with Gasteiger partial charge in [-0.3, -0.25) is 19.5 Å². The second-order valence-electron chi connectivity index (χ2n) is 12.3. The summed E-state index contributed by atoms with van der Waals surface area (Å²) in [4.78, 5) is 33.2. The molecule has 0 aliphatic carbocycles. The van der Waals surface area contributed by atoms with E-state index < -0.39 is 11.8 Å². The molecule has 3 fully saturated rings. The zero-order chi connectivity index (χ0) is 31.0. The lowest BCUT2D eigenvalue weighted by Gasteiger charge is -2.45. The number of carbonyl (C=O) groups is 2. The van der Waals surface area contributed by atoms with Gasteiger partial charge in [-0.2, -0.15) is 0 Å². The van der Waals surface area contributed by atoms with Crippen LogP contribution in [0.15, 0.2) is 66.7 Å². The van der Waals surface area contributed by atoms with Crippen molar-refractivity contribution in [1.82, 2.24) is 9.80 Å². The molecule has 3 amide bonds. The number of aromatic hydroxyl groups is 1. The third-order valence-corrected chi connectivity index (χ3v) is 9.37. The van der Waals surface area contributed by atoms with E-state index in [-0.39, 0.29) is 43.2 Å². The summed E-state index contributed by atoms with van der Waals surface area (Å²) in [6.45, 7) is 4.39. The zero-order valence-electron chi connectivity index (χ0n) is 25.0. The Bertz CT molecular complexity index is 1510. The number of urea groups is 1. The topological polar surface area (TPSA) is 93.3 Å². The smallest absolute Gasteiger partial charge is 0.331 e. The normalized spacial score (nSPS) is 21.6. The molecule has 3 aliphatic rings. The number of aryl methyl sites for hydroxylation is 1. The minimum absolute atomic E-state index is 0.118. The quantitative estimate of drug-likeness (QED) is 0.350. The van der Waals surface area contributed by atoms with E-state index in [0.29, 0.717) is 30.8 Å². The van der Waals surface area contributed by atoms with E-state index in [4.69, 9.17) is 5.73 Å². The minimum Gasteiger partial charge on any atom is -0.508 e. The highest BCUT2D eigenvalue weighted by atomic mass is 19.3. The Hall–Kier alpha value is -4.18. The Kier molecular flexibility index (Phi) is 8.20. The number of benzene rings is 3. The van der Waals surface area contributed by atoms with Gasteiger partial charge in [-0.25, -0.2) is 13.6 Å². The Labute approximate surface area is 256 Å². The molecule has 6 rings (SSSR count). The number of halogens is 2. The number of nitrogens with two attached hydrogens (primary N) is 1. The van der Waals surface area contributed by atoms with Gasteiger partial charge in [-0.1, -0.05) is 24.3 Å². The average molecular weight is 604 g/mol. The van der Waals surface area contributed by atoms with Crippen LogP contribution in [0.5, 0.6) is 5.75 Å². The van der Waals surface area contributed by atoms with Crippen LogP contribution < -0.4 is 15.5 Å². The van der Waals surface area contributed by atoms with Gasteiger partial charge in [-0.05, 0) is 91.9 Å². The van der Waals surface area contributed by atoms with Crippen LogP contribution in [-0.2, 0) is 11.3 Å². The summed E-state index contributed by atoms with van der Waals surface area (Å²) in [6.07, 6.45) is 2.27. The molecule has 0 saturated carbocycles. The molecule has 0 bridgehead atoms. The van der Waals surface area contributed by atoms with E-state index >= 15 is 8.78 Å². The first kappa shape index (κ1) is 29.9. The summed E-state index contributed by atoms with van der Waals surface area (Å²) < 4.78 is 30.6. The maximum absolute atomic E-state index is 15.3. The lowest BCUT2D eigenvalue weighted by Crippen LogP contribution is -2.54. The van der Waals surface area contributed by atoms with E-state index in [1.807, 2.05) is 24.0 Å². The number of nitrogens with zero attached hydrogens (tertiary/aromatic N) is 4. The van der Waals surface area contributed by atoms with Crippen molar-refractivity contribution in [3.05, 3.63) is 83.4 Å². The van der Waals surface area contributed by atoms with Crippen LogP contribution in [0, 0.1) is 6.92 Å². The lowest BCUT2D eigenvalue weighted by molar-refractivity contribution is -0.129. The van der Waals surface area contributed by atoms with Gasteiger partial charge in [-0.15, -0.1) is 0 Å². The largest absolute Gasteiger partial charge is 0.508 e. The number of phenolic OH excluding ortho intramolecular Hbond substituents is 1. The van der Waals surface area contributed by atoms with Crippen LogP contribution in [0.2, 0.25) is 0 Å². The van der Waals surface area contributed by atoms with Gasteiger partial charge in [0.25, 0.3) is 5.92 Å². The average Bonchev–Trinajstić information content (AvgIpc) is 3.01. The summed E-state index contributed by atoms with van der Waals surface area (Å²) in [7, 11) is 0. The number of carbonyl (C=O) groups excluding carboxylic acids is 2. The van der Waals surface area contributed by atoms with Gasteiger partial charge >= 0.3 is 6.03 Å². The number of rotatable bonds is 6. The van der Waals surface area contributed by atoms with Crippen molar-refractivity contribution in [1.29, 1.82) is 0 Å². The summed E-state index contributed by atoms with van der Waals surface area (Å²) in [6, 6.07) is 19.1. The molecule has 0 aromatic heterocycles. The van der Waals surface area contributed by atoms with Crippen LogP contribution in [0.25, 0.3) is 0 Å². The van der Waals surface area contributed by atoms with Crippen LogP contribution >= 0.6 is 0 Å². The third-order valence-electron chi connectivity index (χ3n) is 9.37. The molecule has 3 saturated heterocycles. The molecular formula is C34H39F2N5O3. The maximum Gasteiger partial charge on any atom is 0.331 e. The van der Waals surface area contributed by atoms with Crippen molar-refractivity contribution in [2.45, 2.75) is 57.0 Å². The molecule has 1 atom stereocenters. The van der Waals surface area contributed by atoms with E-state index in [1.54, 1.807) is 41.3 Å². The molecule has 3 aliphatic heterocycles. The summed E-state index contributed by atoms with van der Waals surface area (Å²) in [5.74, 6) is -3.67. The Morgan fingerprint density at radius 2 is 1.61 bits per heavy atom. The van der Waals surface area contributed by atoms with Gasteiger partial charge < -0.3 is 15.7 Å². The first-order valence-corrected chi connectivity index (χ1v) is 15.3. The number of phenols is 1. The fraction of sp³-hybridized carbons (Fsp3) is 0.412. The van der Waals surface area contributed by atoms with Gasteiger partial charge in [0.15, 0.2) is 0 Å². The first-order chi connectivity index (χ1) is 21.1. The fourth-order valence-corrected chi connectivity index (χ4v) is 6.90. The monoisotopic (exact) mass is 603 g/mol. The van der Waals surface area contributed by atoms with Crippen LogP contribution in [0.3, 0.4) is 0 Å². The number of imide groups is 1. The standard InChI is InChI=1S/C34H39F2N5O3/c1-23-20-28(8-11-31(23)40-19-15-32(43)41(33(40)44)21-24-2-9-29(42)10-3-24)38-16-12-27(13-17-38)39-18-14-30(34(35,36)22-39)25-4-6-26(37)7-5-25/h2-11,20,27,30,42H,12-19,21-22,37H2,1H3. The van der Waals surface area contributed by atoms with Gasteiger partial charge in [0.2, 0.25) is 5.91 Å². The van der Waals surface area contributed by atoms with Crippen molar-refractivity contribution in [3.8, 4) is 5.75 Å². The molecule has 10 heteroatoms. The Balaban J connectivity index is 1.07. The van der Waals surface area contributed by atoms with Crippen molar-refractivity contribution >= 4 is 29.0 Å². The number of piperidine rings is 2. The molecular weight excluding hydrogens is 564 g/mol. The van der Waals surface area contributed by atoms with Crippen LogP contribution in [0.4, 0.5) is 30.6 Å². The Morgan fingerprint density at radius 3 is 2.27 bits per heavy atom. The molecule has 0 radical (unpaired) electrons. The second kappa shape index (κ2) is 12.1. The van der Waals surface area contributed by atoms with Crippen LogP contribution in [0.1, 0.15) is 48.3 Å². The number of likely N-dealkylation sites (tertiary alicyclic amines) is 1. The molecule has 1 unspecified atom stereocenters. The zero-order valence-corrected chi connectivity index (χ0v) is 25.0. The van der Waals surface area contributed by atoms with E-state index in [0.717, 1.165) is 48.4 Å². The van der Waals surface area contributed by atoms with Crippen molar-refractivity contribution in [2.24, 2.45) is 0 Å². The molecule has 232 valence electrons. The van der Waals surface area contributed by atoms with E-state index in [1.165, 1.54) is 17.0 Å². The highest BCUT2D eigenvalue weighted by Gasteiger charge is 2.47. The van der Waals surface area contributed by atoms with Crippen molar-refractivity contribution in [2.75, 3.05) is 48.3 Å². The number of hydrogen-bond donors (Lipinski definition) is 2. The van der Waals surface area contributed by atoms with Gasteiger partial charge in [0.1, 0.15) is 5.75 Å². The molecule has 3 aromatic carbocycles. The molecule has 8 nitrogen and oxygen atoms in total. The first-order valence-electron chi connectivity index (χ1n) is 15.3. The summed E-state index contributed by atoms with van der Waals surface area (Å²) >= 11 is 0. The minimum atomic E-state index is -2.80. The fourth-order valence-electron chi connectivity index (χ4n) is 6.90.